The largest absolute Gasteiger partial charge is 0.393 e. The van der Waals surface area contributed by atoms with E-state index < -0.39 is 0 Å². The van der Waals surface area contributed by atoms with Gasteiger partial charge in [0.1, 0.15) is 0 Å². The Kier molecular flexibility index (Phi) is 2.77. The van der Waals surface area contributed by atoms with Gasteiger partial charge < -0.3 is 5.11 Å². The lowest BCUT2D eigenvalue weighted by Gasteiger charge is -2.12. The molecule has 0 spiro atoms. The van der Waals surface area contributed by atoms with Crippen LogP contribution in [0.25, 0.3) is 0 Å². The summed E-state index contributed by atoms with van der Waals surface area (Å²) < 4.78 is 0. The van der Waals surface area contributed by atoms with Crippen molar-refractivity contribution in [2.24, 2.45) is 5.92 Å². The van der Waals surface area contributed by atoms with Gasteiger partial charge in [-0.05, 0) is 13.8 Å². The third kappa shape index (κ3) is 2.12. The summed E-state index contributed by atoms with van der Waals surface area (Å²) in [7, 11) is 0. The van der Waals surface area contributed by atoms with Crippen molar-refractivity contribution >= 4 is 0 Å². The van der Waals surface area contributed by atoms with Crippen molar-refractivity contribution in [1.29, 1.82) is 0 Å². The summed E-state index contributed by atoms with van der Waals surface area (Å²) in [4.78, 5) is 0. The molecular formula is C7H14O. The molecule has 0 saturated heterocycles. The van der Waals surface area contributed by atoms with E-state index in [-0.39, 0.29) is 12.0 Å². The van der Waals surface area contributed by atoms with Gasteiger partial charge in [0.15, 0.2) is 0 Å². The van der Waals surface area contributed by atoms with Crippen LogP contribution in [-0.4, -0.2) is 11.2 Å². The molecule has 0 aliphatic rings. The maximum atomic E-state index is 8.93. The van der Waals surface area contributed by atoms with Crippen molar-refractivity contribution < 1.29 is 5.11 Å². The average Bonchev–Trinajstić information content (AvgIpc) is 1.64. The lowest BCUT2D eigenvalue weighted by atomic mass is 9.99. The van der Waals surface area contributed by atoms with Gasteiger partial charge in [-0.2, -0.15) is 0 Å². The van der Waals surface area contributed by atoms with Crippen molar-refractivity contribution in [2.75, 3.05) is 0 Å². The van der Waals surface area contributed by atoms with Crippen LogP contribution in [0.1, 0.15) is 20.8 Å². The van der Waals surface area contributed by atoms with E-state index in [9.17, 15) is 0 Å². The first-order chi connectivity index (χ1) is 3.55. The Bertz CT molecular complexity index is 84.4. The monoisotopic (exact) mass is 114 g/mol. The molecular weight excluding hydrogens is 100 g/mol. The van der Waals surface area contributed by atoms with Gasteiger partial charge >= 0.3 is 0 Å². The van der Waals surface area contributed by atoms with E-state index in [4.69, 9.17) is 5.11 Å². The van der Waals surface area contributed by atoms with Crippen LogP contribution in [0.15, 0.2) is 12.2 Å². The van der Waals surface area contributed by atoms with Crippen molar-refractivity contribution in [2.45, 2.75) is 26.9 Å². The second kappa shape index (κ2) is 2.88. The fraction of sp³-hybridized carbons (Fsp3) is 0.714. The molecule has 2 unspecified atom stereocenters. The normalized spacial score (nSPS) is 17.5. The molecule has 0 aromatic rings. The van der Waals surface area contributed by atoms with Crippen LogP contribution in [0.2, 0.25) is 0 Å². The molecule has 0 aromatic carbocycles. The first-order valence-corrected chi connectivity index (χ1v) is 2.89. The summed E-state index contributed by atoms with van der Waals surface area (Å²) in [5.74, 6) is 0.231. The lowest BCUT2D eigenvalue weighted by molar-refractivity contribution is 0.152. The second-order valence-electron chi connectivity index (χ2n) is 2.38. The second-order valence-corrected chi connectivity index (χ2v) is 2.38. The summed E-state index contributed by atoms with van der Waals surface area (Å²) in [5.41, 5.74) is 1.04. The van der Waals surface area contributed by atoms with Crippen molar-refractivity contribution in [3.05, 3.63) is 12.2 Å². The predicted molar refractivity (Wildman–Crippen MR) is 35.7 cm³/mol. The van der Waals surface area contributed by atoms with Crippen molar-refractivity contribution in [1.82, 2.24) is 0 Å². The smallest absolute Gasteiger partial charge is 0.0574 e. The maximum absolute atomic E-state index is 8.93. The molecule has 0 fully saturated rings. The number of aliphatic hydroxyl groups excluding tert-OH is 1. The van der Waals surface area contributed by atoms with Gasteiger partial charge in [0.05, 0.1) is 6.10 Å². The molecule has 8 heavy (non-hydrogen) atoms. The summed E-state index contributed by atoms with van der Waals surface area (Å²) >= 11 is 0. The molecule has 0 heterocycles. The highest BCUT2D eigenvalue weighted by Gasteiger charge is 2.07. The van der Waals surface area contributed by atoms with Gasteiger partial charge in [0.2, 0.25) is 0 Å². The van der Waals surface area contributed by atoms with Gasteiger partial charge in [-0.3, -0.25) is 0 Å². The summed E-state index contributed by atoms with van der Waals surface area (Å²) in [5, 5.41) is 8.93. The molecule has 0 saturated carbocycles. The summed E-state index contributed by atoms with van der Waals surface area (Å²) in [6.45, 7) is 9.39. The zero-order chi connectivity index (χ0) is 6.73. The fourth-order valence-corrected chi connectivity index (χ4v) is 0.412. The zero-order valence-electron chi connectivity index (χ0n) is 5.81. The third-order valence-corrected chi connectivity index (χ3v) is 1.50. The molecule has 0 amide bonds. The van der Waals surface area contributed by atoms with E-state index in [1.54, 1.807) is 6.92 Å². The highest BCUT2D eigenvalue weighted by atomic mass is 16.3. The Morgan fingerprint density at radius 3 is 1.88 bits per heavy atom. The molecule has 0 aromatic heterocycles. The molecule has 0 radical (unpaired) electrons. The van der Waals surface area contributed by atoms with Crippen LogP contribution < -0.4 is 0 Å². The minimum Gasteiger partial charge on any atom is -0.393 e. The molecule has 48 valence electrons. The van der Waals surface area contributed by atoms with E-state index in [1.807, 2.05) is 13.8 Å². The third-order valence-electron chi connectivity index (χ3n) is 1.50. The maximum Gasteiger partial charge on any atom is 0.0574 e. The molecule has 1 heteroatoms. The molecule has 0 bridgehead atoms. The quantitative estimate of drug-likeness (QED) is 0.540. The predicted octanol–water partition coefficient (Wildman–Crippen LogP) is 1.58. The zero-order valence-corrected chi connectivity index (χ0v) is 5.81. The summed E-state index contributed by atoms with van der Waals surface area (Å²) in [6.07, 6.45) is -0.257. The number of rotatable bonds is 2. The van der Waals surface area contributed by atoms with E-state index >= 15 is 0 Å². The van der Waals surface area contributed by atoms with Crippen LogP contribution in [0, 0.1) is 5.92 Å². The Hall–Kier alpha value is -0.300. The average molecular weight is 114 g/mol. The van der Waals surface area contributed by atoms with Crippen LogP contribution in [0.5, 0.6) is 0 Å². The SMILES string of the molecule is C=C(C)C(C)C(C)O. The first kappa shape index (κ1) is 7.70. The Labute approximate surface area is 51.0 Å². The molecule has 2 atom stereocenters. The topological polar surface area (TPSA) is 20.2 Å². The Morgan fingerprint density at radius 1 is 1.50 bits per heavy atom. The van der Waals surface area contributed by atoms with Gasteiger partial charge in [-0.15, -0.1) is 0 Å². The number of hydrogen-bond donors (Lipinski definition) is 1. The molecule has 1 nitrogen and oxygen atoms in total. The standard InChI is InChI=1S/C7H14O/c1-5(2)6(3)7(4)8/h6-8H,1H2,2-4H3. The van der Waals surface area contributed by atoms with E-state index in [2.05, 4.69) is 6.58 Å². The van der Waals surface area contributed by atoms with E-state index in [0.29, 0.717) is 0 Å². The minimum absolute atomic E-state index is 0.231. The molecule has 0 rings (SSSR count). The van der Waals surface area contributed by atoms with Gasteiger partial charge in [-0.1, -0.05) is 19.1 Å². The highest BCUT2D eigenvalue weighted by molar-refractivity contribution is 4.95. The summed E-state index contributed by atoms with van der Waals surface area (Å²) in [6, 6.07) is 0. The number of aliphatic hydroxyl groups is 1. The van der Waals surface area contributed by atoms with Crippen molar-refractivity contribution in [3.8, 4) is 0 Å². The Morgan fingerprint density at radius 2 is 1.88 bits per heavy atom. The van der Waals surface area contributed by atoms with Crippen LogP contribution in [0.3, 0.4) is 0 Å². The van der Waals surface area contributed by atoms with E-state index in [1.165, 1.54) is 0 Å². The first-order valence-electron chi connectivity index (χ1n) is 2.89. The van der Waals surface area contributed by atoms with Crippen LogP contribution in [0.4, 0.5) is 0 Å². The molecule has 0 aliphatic carbocycles. The van der Waals surface area contributed by atoms with Gasteiger partial charge in [0, 0.05) is 5.92 Å². The van der Waals surface area contributed by atoms with Crippen molar-refractivity contribution in [3.63, 3.8) is 0 Å². The highest BCUT2D eigenvalue weighted by Crippen LogP contribution is 2.10. The molecule has 1 N–H and O–H groups in total. The van der Waals surface area contributed by atoms with Gasteiger partial charge in [-0.25, -0.2) is 0 Å². The van der Waals surface area contributed by atoms with E-state index in [0.717, 1.165) is 5.57 Å². The van der Waals surface area contributed by atoms with Crippen LogP contribution >= 0.6 is 0 Å². The lowest BCUT2D eigenvalue weighted by Crippen LogP contribution is -2.12. The van der Waals surface area contributed by atoms with Gasteiger partial charge in [0.25, 0.3) is 0 Å². The minimum atomic E-state index is -0.257. The Balaban J connectivity index is 3.64. The fourth-order valence-electron chi connectivity index (χ4n) is 0.412. The number of hydrogen-bond acceptors (Lipinski definition) is 1. The van der Waals surface area contributed by atoms with Crippen LogP contribution in [-0.2, 0) is 0 Å². The molecule has 0 aliphatic heterocycles.